The van der Waals surface area contributed by atoms with Gasteiger partial charge in [0, 0.05) is 6.54 Å². The van der Waals surface area contributed by atoms with Crippen LogP contribution in [0, 0.1) is 0 Å². The summed E-state index contributed by atoms with van der Waals surface area (Å²) in [7, 11) is 1.53. The van der Waals surface area contributed by atoms with E-state index < -0.39 is 0 Å². The quantitative estimate of drug-likeness (QED) is 0.633. The van der Waals surface area contributed by atoms with E-state index in [4.69, 9.17) is 17.0 Å². The molecule has 0 aliphatic heterocycles. The lowest BCUT2D eigenvalue weighted by Crippen LogP contribution is -2.39. The molecule has 0 spiro atoms. The molecule has 1 amide bonds. The Kier molecular flexibility index (Phi) is 6.14. The van der Waals surface area contributed by atoms with Crippen LogP contribution >= 0.6 is 12.2 Å². The predicted molar refractivity (Wildman–Crippen MR) is 76.0 cm³/mol. The number of thiocarbonyl (C=S) groups is 1. The van der Waals surface area contributed by atoms with E-state index in [-0.39, 0.29) is 5.91 Å². The van der Waals surface area contributed by atoms with Crippen LogP contribution in [0.25, 0.3) is 0 Å². The molecule has 0 aliphatic carbocycles. The molecule has 0 saturated carbocycles. The third-order valence-electron chi connectivity index (χ3n) is 2.39. The third-order valence-corrected chi connectivity index (χ3v) is 2.64. The average Bonchev–Trinajstić information content (AvgIpc) is 2.39. The number of para-hydroxylation sites is 1. The van der Waals surface area contributed by atoms with Crippen molar-refractivity contribution >= 4 is 23.2 Å². The zero-order valence-corrected chi connectivity index (χ0v) is 11.5. The lowest BCUT2D eigenvalue weighted by atomic mass is 10.2. The molecule has 0 fully saturated rings. The number of carbonyl (C=O) groups excluding carboxylic acids is 1. The number of methoxy groups -OCH3 is 1. The molecule has 0 radical (unpaired) electrons. The molecule has 5 heteroatoms. The van der Waals surface area contributed by atoms with E-state index >= 15 is 0 Å². The van der Waals surface area contributed by atoms with Gasteiger partial charge in [-0.3, -0.25) is 10.1 Å². The fourth-order valence-corrected chi connectivity index (χ4v) is 1.62. The zero-order chi connectivity index (χ0) is 13.4. The highest BCUT2D eigenvalue weighted by molar-refractivity contribution is 7.80. The molecule has 0 bridgehead atoms. The Balaban J connectivity index is 2.57. The highest BCUT2D eigenvalue weighted by Crippen LogP contribution is 2.16. The van der Waals surface area contributed by atoms with E-state index in [1.165, 1.54) is 7.11 Å². The molecule has 1 rings (SSSR count). The van der Waals surface area contributed by atoms with Crippen molar-refractivity contribution in [2.45, 2.75) is 19.8 Å². The number of amides is 1. The van der Waals surface area contributed by atoms with Crippen molar-refractivity contribution in [3.8, 4) is 5.75 Å². The van der Waals surface area contributed by atoms with Crippen molar-refractivity contribution in [1.29, 1.82) is 0 Å². The molecule has 0 aromatic heterocycles. The van der Waals surface area contributed by atoms with Crippen LogP contribution < -0.4 is 15.4 Å². The number of hydrogen-bond acceptors (Lipinski definition) is 3. The van der Waals surface area contributed by atoms with Crippen LogP contribution in [0.5, 0.6) is 5.75 Å². The minimum atomic E-state index is -0.263. The Hall–Kier alpha value is -1.62. The standard InChI is InChI=1S/C13H18N2O2S/c1-3-4-9-14-13(18)15-12(16)10-7-5-6-8-11(10)17-2/h5-8H,3-4,9H2,1-2H3,(H2,14,15,16,18). The Morgan fingerprint density at radius 3 is 2.78 bits per heavy atom. The van der Waals surface area contributed by atoms with E-state index in [2.05, 4.69) is 17.6 Å². The molecule has 1 aromatic rings. The zero-order valence-electron chi connectivity index (χ0n) is 10.7. The van der Waals surface area contributed by atoms with Crippen molar-refractivity contribution in [3.05, 3.63) is 29.8 Å². The summed E-state index contributed by atoms with van der Waals surface area (Å²) in [6.45, 7) is 2.86. The van der Waals surface area contributed by atoms with Crippen molar-refractivity contribution in [1.82, 2.24) is 10.6 Å². The first-order valence-electron chi connectivity index (χ1n) is 5.91. The van der Waals surface area contributed by atoms with Gasteiger partial charge in [-0.25, -0.2) is 0 Å². The number of ether oxygens (including phenoxy) is 1. The van der Waals surface area contributed by atoms with Crippen LogP contribution in [-0.4, -0.2) is 24.7 Å². The van der Waals surface area contributed by atoms with Crippen molar-refractivity contribution in [2.75, 3.05) is 13.7 Å². The Morgan fingerprint density at radius 2 is 2.11 bits per heavy atom. The second kappa shape index (κ2) is 7.66. The van der Waals surface area contributed by atoms with Crippen LogP contribution in [0.3, 0.4) is 0 Å². The van der Waals surface area contributed by atoms with Gasteiger partial charge in [-0.1, -0.05) is 25.5 Å². The first-order valence-corrected chi connectivity index (χ1v) is 6.32. The smallest absolute Gasteiger partial charge is 0.261 e. The summed E-state index contributed by atoms with van der Waals surface area (Å²) in [6.07, 6.45) is 2.10. The van der Waals surface area contributed by atoms with Crippen LogP contribution in [0.2, 0.25) is 0 Å². The van der Waals surface area contributed by atoms with Gasteiger partial charge in [-0.05, 0) is 30.8 Å². The second-order valence-electron chi connectivity index (χ2n) is 3.76. The van der Waals surface area contributed by atoms with Gasteiger partial charge in [-0.15, -0.1) is 0 Å². The maximum absolute atomic E-state index is 11.9. The number of carbonyl (C=O) groups is 1. The van der Waals surface area contributed by atoms with Gasteiger partial charge >= 0.3 is 0 Å². The third kappa shape index (κ3) is 4.33. The average molecular weight is 266 g/mol. The number of benzene rings is 1. The number of hydrogen-bond donors (Lipinski definition) is 2. The number of rotatable bonds is 5. The molecule has 4 nitrogen and oxygen atoms in total. The number of nitrogens with one attached hydrogen (secondary N) is 2. The lowest BCUT2D eigenvalue weighted by molar-refractivity contribution is 0.0973. The van der Waals surface area contributed by atoms with Gasteiger partial charge in [-0.2, -0.15) is 0 Å². The second-order valence-corrected chi connectivity index (χ2v) is 4.17. The summed E-state index contributed by atoms with van der Waals surface area (Å²) in [5.74, 6) is 0.271. The van der Waals surface area contributed by atoms with Gasteiger partial charge in [0.2, 0.25) is 0 Å². The Labute approximate surface area is 113 Å². The summed E-state index contributed by atoms with van der Waals surface area (Å²) in [4.78, 5) is 11.9. The molecule has 98 valence electrons. The largest absolute Gasteiger partial charge is 0.496 e. The van der Waals surface area contributed by atoms with E-state index in [0.717, 1.165) is 19.4 Å². The molecule has 2 N–H and O–H groups in total. The van der Waals surface area contributed by atoms with Crippen LogP contribution in [0.15, 0.2) is 24.3 Å². The Bertz CT molecular complexity index is 421. The van der Waals surface area contributed by atoms with Gasteiger partial charge in [0.05, 0.1) is 12.7 Å². The van der Waals surface area contributed by atoms with Gasteiger partial charge in [0.15, 0.2) is 5.11 Å². The molecular formula is C13H18N2O2S. The topological polar surface area (TPSA) is 50.4 Å². The van der Waals surface area contributed by atoms with Crippen LogP contribution in [0.1, 0.15) is 30.1 Å². The van der Waals surface area contributed by atoms with Gasteiger partial charge in [0.1, 0.15) is 5.75 Å². The number of unbranched alkanes of at least 4 members (excludes halogenated alkanes) is 1. The maximum Gasteiger partial charge on any atom is 0.261 e. The predicted octanol–water partition coefficient (Wildman–Crippen LogP) is 2.10. The summed E-state index contributed by atoms with van der Waals surface area (Å²) in [6, 6.07) is 7.03. The van der Waals surface area contributed by atoms with Crippen molar-refractivity contribution < 1.29 is 9.53 Å². The minimum absolute atomic E-state index is 0.263. The monoisotopic (exact) mass is 266 g/mol. The summed E-state index contributed by atoms with van der Waals surface area (Å²) in [5.41, 5.74) is 0.472. The molecule has 1 aromatic carbocycles. The SMILES string of the molecule is CCCCNC(=S)NC(=O)c1ccccc1OC. The maximum atomic E-state index is 11.9. The summed E-state index contributed by atoms with van der Waals surface area (Å²) >= 11 is 5.04. The van der Waals surface area contributed by atoms with Crippen LogP contribution in [-0.2, 0) is 0 Å². The van der Waals surface area contributed by atoms with Crippen molar-refractivity contribution in [3.63, 3.8) is 0 Å². The molecule has 0 unspecified atom stereocenters. The lowest BCUT2D eigenvalue weighted by Gasteiger charge is -2.11. The molecule has 0 saturated heterocycles. The van der Waals surface area contributed by atoms with E-state index in [1.807, 2.05) is 6.07 Å². The fourth-order valence-electron chi connectivity index (χ4n) is 1.43. The highest BCUT2D eigenvalue weighted by Gasteiger charge is 2.12. The van der Waals surface area contributed by atoms with Gasteiger partial charge < -0.3 is 10.1 Å². The molecular weight excluding hydrogens is 248 g/mol. The molecule has 0 atom stereocenters. The van der Waals surface area contributed by atoms with E-state index in [1.54, 1.807) is 18.2 Å². The Morgan fingerprint density at radius 1 is 1.39 bits per heavy atom. The van der Waals surface area contributed by atoms with Crippen LogP contribution in [0.4, 0.5) is 0 Å². The van der Waals surface area contributed by atoms with E-state index in [9.17, 15) is 4.79 Å². The normalized spacial score (nSPS) is 9.67. The van der Waals surface area contributed by atoms with E-state index in [0.29, 0.717) is 16.4 Å². The summed E-state index contributed by atoms with van der Waals surface area (Å²) < 4.78 is 5.12. The molecule has 0 aliphatic rings. The first kappa shape index (κ1) is 14.4. The highest BCUT2D eigenvalue weighted by atomic mass is 32.1. The fraction of sp³-hybridized carbons (Fsp3) is 0.385. The molecule has 0 heterocycles. The van der Waals surface area contributed by atoms with Gasteiger partial charge in [0.25, 0.3) is 5.91 Å². The molecule has 18 heavy (non-hydrogen) atoms. The minimum Gasteiger partial charge on any atom is -0.496 e. The summed E-state index contributed by atoms with van der Waals surface area (Å²) in [5, 5.41) is 5.96. The first-order chi connectivity index (χ1) is 8.69. The van der Waals surface area contributed by atoms with Crippen molar-refractivity contribution in [2.24, 2.45) is 0 Å².